The molecule has 0 spiro atoms. The Labute approximate surface area is 175 Å². The van der Waals surface area contributed by atoms with Crippen molar-refractivity contribution in [3.63, 3.8) is 0 Å². The summed E-state index contributed by atoms with van der Waals surface area (Å²) in [5.74, 6) is -0.0618. The predicted octanol–water partition coefficient (Wildman–Crippen LogP) is 4.84. The number of nitrogens with zero attached hydrogens (tertiary/aromatic N) is 1. The van der Waals surface area contributed by atoms with Crippen LogP contribution in [-0.4, -0.2) is 35.1 Å². The Morgan fingerprint density at radius 3 is 2.64 bits per heavy atom. The summed E-state index contributed by atoms with van der Waals surface area (Å²) in [5, 5.41) is 10.4. The van der Waals surface area contributed by atoms with Crippen LogP contribution < -0.4 is 4.74 Å². The zero-order chi connectivity index (χ0) is 19.7. The molecule has 148 valence electrons. The van der Waals surface area contributed by atoms with E-state index in [9.17, 15) is 9.90 Å². The second kappa shape index (κ2) is 8.32. The zero-order valence-corrected chi connectivity index (χ0v) is 17.0. The van der Waals surface area contributed by atoms with Gasteiger partial charge in [0.2, 0.25) is 0 Å². The number of hydrogen-bond donors (Lipinski definition) is 1. The molecule has 1 heterocycles. The number of carbonyl (C=O) groups is 1. The van der Waals surface area contributed by atoms with Crippen LogP contribution in [0.15, 0.2) is 36.4 Å². The highest BCUT2D eigenvalue weighted by atomic mass is 35.5. The van der Waals surface area contributed by atoms with E-state index in [4.69, 9.17) is 27.9 Å². The first-order valence-corrected chi connectivity index (χ1v) is 10.4. The summed E-state index contributed by atoms with van der Waals surface area (Å²) in [6.45, 7) is 1.90. The van der Waals surface area contributed by atoms with Gasteiger partial charge >= 0.3 is 5.97 Å². The largest absolute Gasteiger partial charge is 0.489 e. The minimum Gasteiger partial charge on any atom is -0.489 e. The summed E-state index contributed by atoms with van der Waals surface area (Å²) >= 11 is 12.4. The molecule has 4 nitrogen and oxygen atoms in total. The van der Waals surface area contributed by atoms with Gasteiger partial charge in [-0.2, -0.15) is 0 Å². The predicted molar refractivity (Wildman–Crippen MR) is 110 cm³/mol. The van der Waals surface area contributed by atoms with Gasteiger partial charge in [0.25, 0.3) is 0 Å². The fourth-order valence-corrected chi connectivity index (χ4v) is 4.77. The molecule has 28 heavy (non-hydrogen) atoms. The van der Waals surface area contributed by atoms with Crippen LogP contribution in [0.2, 0.25) is 10.0 Å². The van der Waals surface area contributed by atoms with Crippen molar-refractivity contribution in [3.05, 3.63) is 63.1 Å². The number of carboxylic acid groups (broad SMARTS) is 1. The molecule has 2 aromatic rings. The van der Waals surface area contributed by atoms with Gasteiger partial charge in [-0.3, -0.25) is 9.69 Å². The topological polar surface area (TPSA) is 49.8 Å². The summed E-state index contributed by atoms with van der Waals surface area (Å²) in [5.41, 5.74) is 3.44. The van der Waals surface area contributed by atoms with Crippen LogP contribution in [0.1, 0.15) is 29.5 Å². The lowest BCUT2D eigenvalue weighted by molar-refractivity contribution is -0.141. The van der Waals surface area contributed by atoms with Crippen LogP contribution in [0.25, 0.3) is 0 Å². The van der Waals surface area contributed by atoms with E-state index in [0.717, 1.165) is 43.5 Å². The molecule has 0 bridgehead atoms. The highest BCUT2D eigenvalue weighted by Gasteiger charge is 2.33. The number of rotatable bonds is 5. The van der Waals surface area contributed by atoms with Crippen LogP contribution >= 0.6 is 23.2 Å². The van der Waals surface area contributed by atoms with Crippen molar-refractivity contribution in [2.45, 2.75) is 38.3 Å². The van der Waals surface area contributed by atoms with E-state index in [2.05, 4.69) is 17.0 Å². The van der Waals surface area contributed by atoms with Crippen LogP contribution in [0.3, 0.4) is 0 Å². The Morgan fingerprint density at radius 1 is 1.14 bits per heavy atom. The van der Waals surface area contributed by atoms with Crippen LogP contribution in [0.4, 0.5) is 0 Å². The number of benzene rings is 2. The SMILES string of the molecule is O=C(O)C1CCN(C2CCc3cc(OCc4c(Cl)cccc4Cl)ccc3C2)C1. The molecule has 1 N–H and O–H groups in total. The van der Waals surface area contributed by atoms with Crippen LogP contribution in [0, 0.1) is 5.92 Å². The lowest BCUT2D eigenvalue weighted by Gasteiger charge is -2.32. The molecule has 1 aliphatic carbocycles. The quantitative estimate of drug-likeness (QED) is 0.753. The average molecular weight is 420 g/mol. The number of hydrogen-bond acceptors (Lipinski definition) is 3. The first-order valence-electron chi connectivity index (χ1n) is 9.65. The van der Waals surface area contributed by atoms with Crippen molar-refractivity contribution in [3.8, 4) is 5.75 Å². The zero-order valence-electron chi connectivity index (χ0n) is 15.5. The van der Waals surface area contributed by atoms with E-state index >= 15 is 0 Å². The molecular weight excluding hydrogens is 397 g/mol. The second-order valence-electron chi connectivity index (χ2n) is 7.63. The Bertz CT molecular complexity index is 866. The van der Waals surface area contributed by atoms with Gasteiger partial charge in [-0.15, -0.1) is 0 Å². The fraction of sp³-hybridized carbons (Fsp3) is 0.409. The molecule has 2 unspecified atom stereocenters. The van der Waals surface area contributed by atoms with Crippen molar-refractivity contribution < 1.29 is 14.6 Å². The van der Waals surface area contributed by atoms with Gasteiger partial charge in [0.15, 0.2) is 0 Å². The molecule has 0 radical (unpaired) electrons. The lowest BCUT2D eigenvalue weighted by atomic mass is 9.87. The van der Waals surface area contributed by atoms with Gasteiger partial charge in [-0.25, -0.2) is 0 Å². The van der Waals surface area contributed by atoms with Crippen molar-refractivity contribution in [2.75, 3.05) is 13.1 Å². The number of aryl methyl sites for hydroxylation is 1. The molecule has 4 rings (SSSR count). The Kier molecular flexibility index (Phi) is 5.81. The van der Waals surface area contributed by atoms with Crippen molar-refractivity contribution in [1.29, 1.82) is 0 Å². The van der Waals surface area contributed by atoms with Gasteiger partial charge in [-0.05, 0) is 67.6 Å². The van der Waals surface area contributed by atoms with E-state index in [0.29, 0.717) is 29.2 Å². The van der Waals surface area contributed by atoms with Gasteiger partial charge in [0.1, 0.15) is 12.4 Å². The second-order valence-corrected chi connectivity index (χ2v) is 8.45. The van der Waals surface area contributed by atoms with E-state index in [1.54, 1.807) is 0 Å². The lowest BCUT2D eigenvalue weighted by Crippen LogP contribution is -2.38. The number of carboxylic acids is 1. The standard InChI is InChI=1S/C22H23Cl2NO3/c23-20-2-1-3-21(24)19(20)13-28-18-7-5-14-10-17(6-4-15(14)11-18)25-9-8-16(12-25)22(26)27/h1-3,5,7,11,16-17H,4,6,8-10,12-13H2,(H,26,27). The fourth-order valence-electron chi connectivity index (χ4n) is 4.26. The third-order valence-electron chi connectivity index (χ3n) is 5.91. The maximum absolute atomic E-state index is 11.2. The van der Waals surface area contributed by atoms with E-state index in [-0.39, 0.29) is 5.92 Å². The maximum Gasteiger partial charge on any atom is 0.307 e. The Balaban J connectivity index is 1.40. The van der Waals surface area contributed by atoms with Crippen LogP contribution in [-0.2, 0) is 24.2 Å². The Morgan fingerprint density at radius 2 is 1.93 bits per heavy atom. The smallest absolute Gasteiger partial charge is 0.307 e. The summed E-state index contributed by atoms with van der Waals surface area (Å²) in [4.78, 5) is 13.6. The van der Waals surface area contributed by atoms with Crippen molar-refractivity contribution in [1.82, 2.24) is 4.90 Å². The molecule has 2 aromatic carbocycles. The summed E-state index contributed by atoms with van der Waals surface area (Å²) in [7, 11) is 0. The highest BCUT2D eigenvalue weighted by Crippen LogP contribution is 2.31. The van der Waals surface area contributed by atoms with Gasteiger partial charge in [0, 0.05) is 28.2 Å². The minimum absolute atomic E-state index is 0.214. The van der Waals surface area contributed by atoms with Gasteiger partial charge in [0.05, 0.1) is 5.92 Å². The Hall–Kier alpha value is -1.75. The summed E-state index contributed by atoms with van der Waals surface area (Å²) in [6, 6.07) is 12.1. The number of fused-ring (bicyclic) bond motifs is 1. The molecule has 0 saturated carbocycles. The van der Waals surface area contributed by atoms with E-state index in [1.165, 1.54) is 11.1 Å². The summed E-state index contributed by atoms with van der Waals surface area (Å²) < 4.78 is 5.94. The first kappa shape index (κ1) is 19.6. The molecule has 0 aromatic heterocycles. The minimum atomic E-state index is -0.667. The molecule has 1 fully saturated rings. The third kappa shape index (κ3) is 4.14. The molecule has 1 saturated heterocycles. The number of halogens is 2. The van der Waals surface area contributed by atoms with E-state index in [1.807, 2.05) is 24.3 Å². The highest BCUT2D eigenvalue weighted by molar-refractivity contribution is 6.35. The molecular formula is C22H23Cl2NO3. The van der Waals surface area contributed by atoms with Gasteiger partial charge in [-0.1, -0.05) is 35.3 Å². The van der Waals surface area contributed by atoms with E-state index < -0.39 is 5.97 Å². The van der Waals surface area contributed by atoms with Gasteiger partial charge < -0.3 is 9.84 Å². The third-order valence-corrected chi connectivity index (χ3v) is 6.62. The molecule has 6 heteroatoms. The normalized spacial score (nSPS) is 22.1. The molecule has 0 amide bonds. The summed E-state index contributed by atoms with van der Waals surface area (Å²) in [6.07, 6.45) is 3.77. The molecule has 2 aliphatic rings. The van der Waals surface area contributed by atoms with Crippen LogP contribution in [0.5, 0.6) is 5.75 Å². The number of likely N-dealkylation sites (tertiary alicyclic amines) is 1. The number of aliphatic carboxylic acids is 1. The van der Waals surface area contributed by atoms with Crippen molar-refractivity contribution in [2.24, 2.45) is 5.92 Å². The molecule has 1 aliphatic heterocycles. The maximum atomic E-state index is 11.2. The first-order chi connectivity index (χ1) is 13.5. The van der Waals surface area contributed by atoms with Crippen molar-refractivity contribution >= 4 is 29.2 Å². The average Bonchev–Trinajstić information content (AvgIpc) is 3.18. The number of ether oxygens (including phenoxy) is 1. The monoisotopic (exact) mass is 419 g/mol. The molecule has 2 atom stereocenters.